The third-order valence-corrected chi connectivity index (χ3v) is 2.68. The average molecular weight is 283 g/mol. The summed E-state index contributed by atoms with van der Waals surface area (Å²) in [5.74, 6) is -0.859. The lowest BCUT2D eigenvalue weighted by Crippen LogP contribution is -2.31. The van der Waals surface area contributed by atoms with E-state index in [4.69, 9.17) is 16.9 Å². The van der Waals surface area contributed by atoms with E-state index < -0.39 is 10.8 Å². The van der Waals surface area contributed by atoms with Gasteiger partial charge in [0, 0.05) is 19.7 Å². The summed E-state index contributed by atoms with van der Waals surface area (Å²) in [4.78, 5) is 26.9. The summed E-state index contributed by atoms with van der Waals surface area (Å²) in [6.45, 7) is 1.87. The number of nitro groups is 1. The zero-order valence-corrected chi connectivity index (χ0v) is 11.1. The van der Waals surface area contributed by atoms with Crippen LogP contribution in [0.25, 0.3) is 0 Å². The van der Waals surface area contributed by atoms with Gasteiger partial charge in [0.2, 0.25) is 0 Å². The number of halogens is 1. The Morgan fingerprint density at radius 2 is 2.37 bits per heavy atom. The Morgan fingerprint density at radius 1 is 1.74 bits per heavy atom. The minimum atomic E-state index is -0.655. The van der Waals surface area contributed by atoms with Crippen molar-refractivity contribution in [3.05, 3.63) is 33.1 Å². The summed E-state index contributed by atoms with van der Waals surface area (Å²) < 4.78 is 0. The van der Waals surface area contributed by atoms with Gasteiger partial charge in [-0.05, 0) is 6.92 Å². The molecular weight excluding hydrogens is 272 g/mol. The smallest absolute Gasteiger partial charge is 0.288 e. The zero-order valence-electron chi connectivity index (χ0n) is 10.3. The first-order valence-corrected chi connectivity index (χ1v) is 5.69. The summed E-state index contributed by atoms with van der Waals surface area (Å²) in [5.41, 5.74) is -0.363. The molecule has 0 bridgehead atoms. The van der Waals surface area contributed by atoms with Crippen molar-refractivity contribution in [1.29, 1.82) is 5.26 Å². The van der Waals surface area contributed by atoms with Crippen LogP contribution in [0.4, 0.5) is 5.69 Å². The first-order valence-electron chi connectivity index (χ1n) is 5.31. The Balaban J connectivity index is 3.02. The van der Waals surface area contributed by atoms with Crippen LogP contribution in [0.3, 0.4) is 0 Å². The fraction of sp³-hybridized carbons (Fsp3) is 0.364. The van der Waals surface area contributed by atoms with E-state index in [9.17, 15) is 14.9 Å². The summed E-state index contributed by atoms with van der Waals surface area (Å²) >= 11 is 5.76. The van der Waals surface area contributed by atoms with Gasteiger partial charge in [-0.25, -0.2) is 4.98 Å². The quantitative estimate of drug-likeness (QED) is 0.477. The molecule has 7 nitrogen and oxygen atoms in total. The van der Waals surface area contributed by atoms with E-state index in [1.807, 2.05) is 6.07 Å². The SMILES string of the molecule is CC(C#N)CN(C)C(=O)c1cc([N+](=O)[O-])cnc1Cl. The van der Waals surface area contributed by atoms with Crippen molar-refractivity contribution < 1.29 is 9.72 Å². The molecule has 1 rings (SSSR count). The molecule has 19 heavy (non-hydrogen) atoms. The lowest BCUT2D eigenvalue weighted by Gasteiger charge is -2.18. The Labute approximate surface area is 114 Å². The third kappa shape index (κ3) is 3.63. The molecule has 1 amide bonds. The second kappa shape index (κ2) is 6.11. The Morgan fingerprint density at radius 3 is 2.89 bits per heavy atom. The van der Waals surface area contributed by atoms with Crippen LogP contribution < -0.4 is 0 Å². The van der Waals surface area contributed by atoms with Crippen LogP contribution in [0.5, 0.6) is 0 Å². The average Bonchev–Trinajstić information content (AvgIpc) is 2.37. The topological polar surface area (TPSA) is 100 Å². The Bertz CT molecular complexity index is 555. The van der Waals surface area contributed by atoms with E-state index in [-0.39, 0.29) is 28.9 Å². The molecule has 0 saturated carbocycles. The number of hydrogen-bond donors (Lipinski definition) is 0. The van der Waals surface area contributed by atoms with Crippen LogP contribution >= 0.6 is 11.6 Å². The molecule has 1 unspecified atom stereocenters. The molecule has 0 N–H and O–H groups in total. The molecule has 1 aromatic rings. The van der Waals surface area contributed by atoms with E-state index in [0.29, 0.717) is 0 Å². The van der Waals surface area contributed by atoms with Gasteiger partial charge in [0.25, 0.3) is 11.6 Å². The van der Waals surface area contributed by atoms with Crippen molar-refractivity contribution in [2.24, 2.45) is 5.92 Å². The maximum Gasteiger partial charge on any atom is 0.288 e. The maximum absolute atomic E-state index is 12.1. The molecule has 1 heterocycles. The van der Waals surface area contributed by atoms with Gasteiger partial charge in [-0.15, -0.1) is 0 Å². The van der Waals surface area contributed by atoms with Gasteiger partial charge in [-0.3, -0.25) is 14.9 Å². The molecule has 0 aliphatic heterocycles. The summed E-state index contributed by atoms with van der Waals surface area (Å²) in [7, 11) is 1.49. The highest BCUT2D eigenvalue weighted by molar-refractivity contribution is 6.32. The van der Waals surface area contributed by atoms with Crippen LogP contribution in [0, 0.1) is 27.4 Å². The van der Waals surface area contributed by atoms with E-state index in [1.165, 1.54) is 11.9 Å². The lowest BCUT2D eigenvalue weighted by atomic mass is 10.2. The Hall–Kier alpha value is -2.20. The fourth-order valence-corrected chi connectivity index (χ4v) is 1.61. The molecule has 1 aromatic heterocycles. The molecule has 0 saturated heterocycles. The van der Waals surface area contributed by atoms with Crippen molar-refractivity contribution in [3.63, 3.8) is 0 Å². The van der Waals surface area contributed by atoms with Crippen LogP contribution in [0.1, 0.15) is 17.3 Å². The summed E-state index contributed by atoms with van der Waals surface area (Å²) in [5, 5.41) is 19.2. The van der Waals surface area contributed by atoms with Crippen molar-refractivity contribution in [1.82, 2.24) is 9.88 Å². The molecule has 0 aliphatic rings. The van der Waals surface area contributed by atoms with Crippen molar-refractivity contribution in [2.75, 3.05) is 13.6 Å². The van der Waals surface area contributed by atoms with Gasteiger partial charge in [-0.2, -0.15) is 5.26 Å². The molecule has 8 heteroatoms. The number of nitrogens with zero attached hydrogens (tertiary/aromatic N) is 4. The van der Waals surface area contributed by atoms with E-state index >= 15 is 0 Å². The lowest BCUT2D eigenvalue weighted by molar-refractivity contribution is -0.385. The highest BCUT2D eigenvalue weighted by atomic mass is 35.5. The molecular formula is C11H11ClN4O3. The molecule has 0 aromatic carbocycles. The predicted octanol–water partition coefficient (Wildman–Crippen LogP) is 1.87. The third-order valence-electron chi connectivity index (χ3n) is 2.38. The predicted molar refractivity (Wildman–Crippen MR) is 67.6 cm³/mol. The number of hydrogen-bond acceptors (Lipinski definition) is 5. The van der Waals surface area contributed by atoms with Crippen LogP contribution in [-0.4, -0.2) is 34.3 Å². The van der Waals surface area contributed by atoms with Gasteiger partial charge in [0.1, 0.15) is 11.3 Å². The standard InChI is InChI=1S/C11H11ClN4O3/c1-7(4-13)6-15(2)11(17)9-3-8(16(18)19)5-14-10(9)12/h3,5,7H,6H2,1-2H3. The minimum Gasteiger partial charge on any atom is -0.340 e. The molecule has 0 fully saturated rings. The van der Waals surface area contributed by atoms with E-state index in [0.717, 1.165) is 12.3 Å². The van der Waals surface area contributed by atoms with Crippen molar-refractivity contribution >= 4 is 23.2 Å². The molecule has 0 spiro atoms. The normalized spacial score (nSPS) is 11.5. The molecule has 1 atom stereocenters. The number of nitriles is 1. The number of pyridine rings is 1. The van der Waals surface area contributed by atoms with Crippen LogP contribution in [0.15, 0.2) is 12.3 Å². The Kier molecular flexibility index (Phi) is 4.78. The molecule has 0 radical (unpaired) electrons. The van der Waals surface area contributed by atoms with Crippen LogP contribution in [0.2, 0.25) is 5.15 Å². The van der Waals surface area contributed by atoms with Crippen molar-refractivity contribution in [2.45, 2.75) is 6.92 Å². The number of carbonyl (C=O) groups excluding carboxylic acids is 1. The molecule has 100 valence electrons. The fourth-order valence-electron chi connectivity index (χ4n) is 1.43. The number of carbonyl (C=O) groups is 1. The van der Waals surface area contributed by atoms with Gasteiger partial charge >= 0.3 is 0 Å². The van der Waals surface area contributed by atoms with Gasteiger partial charge in [0.05, 0.1) is 22.5 Å². The second-order valence-corrected chi connectivity index (χ2v) is 4.36. The summed E-state index contributed by atoms with van der Waals surface area (Å²) in [6.07, 6.45) is 0.983. The van der Waals surface area contributed by atoms with Crippen molar-refractivity contribution in [3.8, 4) is 6.07 Å². The van der Waals surface area contributed by atoms with Gasteiger partial charge in [0.15, 0.2) is 0 Å². The number of aromatic nitrogens is 1. The van der Waals surface area contributed by atoms with E-state index in [2.05, 4.69) is 4.98 Å². The van der Waals surface area contributed by atoms with Gasteiger partial charge in [-0.1, -0.05) is 11.6 Å². The first-order chi connectivity index (χ1) is 8.86. The first kappa shape index (κ1) is 14.9. The number of rotatable bonds is 4. The summed E-state index contributed by atoms with van der Waals surface area (Å²) in [6, 6.07) is 3.07. The monoisotopic (exact) mass is 282 g/mol. The zero-order chi connectivity index (χ0) is 14.6. The van der Waals surface area contributed by atoms with Gasteiger partial charge < -0.3 is 4.90 Å². The maximum atomic E-state index is 12.1. The molecule has 0 aliphatic carbocycles. The largest absolute Gasteiger partial charge is 0.340 e. The highest BCUT2D eigenvalue weighted by Gasteiger charge is 2.21. The minimum absolute atomic E-state index is 0.0523. The second-order valence-electron chi connectivity index (χ2n) is 4.00. The highest BCUT2D eigenvalue weighted by Crippen LogP contribution is 2.20. The van der Waals surface area contributed by atoms with Crippen LogP contribution in [-0.2, 0) is 0 Å². The number of amides is 1. The van der Waals surface area contributed by atoms with E-state index in [1.54, 1.807) is 6.92 Å².